The molecule has 0 saturated carbocycles. The first-order chi connectivity index (χ1) is 9.38. The predicted molar refractivity (Wildman–Crippen MR) is 87.8 cm³/mol. The maximum Gasteiger partial charge on any atom is 0.243 e. The van der Waals surface area contributed by atoms with Crippen LogP contribution in [0, 0.1) is 6.92 Å². The van der Waals surface area contributed by atoms with Crippen molar-refractivity contribution >= 4 is 37.6 Å². The molecule has 114 valence electrons. The van der Waals surface area contributed by atoms with Crippen LogP contribution in [0.2, 0.25) is 0 Å². The van der Waals surface area contributed by atoms with Crippen molar-refractivity contribution in [2.24, 2.45) is 0 Å². The zero-order valence-electron chi connectivity index (χ0n) is 12.1. The Morgan fingerprint density at radius 1 is 1.30 bits per heavy atom. The molecule has 1 aromatic carbocycles. The standard InChI is InChI=1S/C14H21BrClNO2S/c1-4-6-7-17(5-2)20(18,19)14-9-12(10-16)8-13(15)11(14)3/h8-9H,4-7,10H2,1-3H3. The van der Waals surface area contributed by atoms with Gasteiger partial charge in [-0.25, -0.2) is 8.42 Å². The maximum absolute atomic E-state index is 12.8. The fourth-order valence-corrected chi connectivity index (χ4v) is 4.55. The average Bonchev–Trinajstić information content (AvgIpc) is 2.42. The van der Waals surface area contributed by atoms with E-state index < -0.39 is 10.0 Å². The lowest BCUT2D eigenvalue weighted by Crippen LogP contribution is -2.32. The van der Waals surface area contributed by atoms with E-state index in [0.29, 0.717) is 23.9 Å². The second-order valence-electron chi connectivity index (χ2n) is 4.68. The molecule has 0 heterocycles. The topological polar surface area (TPSA) is 37.4 Å². The second kappa shape index (κ2) is 7.78. The first-order valence-corrected chi connectivity index (χ1v) is 9.50. The molecule has 0 atom stereocenters. The van der Waals surface area contributed by atoms with Crippen LogP contribution in [0.3, 0.4) is 0 Å². The number of nitrogens with zero attached hydrogens (tertiary/aromatic N) is 1. The molecule has 0 amide bonds. The smallest absolute Gasteiger partial charge is 0.207 e. The molecule has 0 bridgehead atoms. The van der Waals surface area contributed by atoms with Gasteiger partial charge in [0.2, 0.25) is 10.0 Å². The van der Waals surface area contributed by atoms with Gasteiger partial charge in [0.05, 0.1) is 4.90 Å². The number of unbranched alkanes of at least 4 members (excludes halogenated alkanes) is 1. The van der Waals surface area contributed by atoms with Crippen LogP contribution < -0.4 is 0 Å². The van der Waals surface area contributed by atoms with E-state index in [2.05, 4.69) is 22.9 Å². The van der Waals surface area contributed by atoms with Gasteiger partial charge in [-0.3, -0.25) is 0 Å². The summed E-state index contributed by atoms with van der Waals surface area (Å²) in [6.07, 6.45) is 1.83. The first kappa shape index (κ1) is 18.0. The molecule has 0 aliphatic rings. The normalized spacial score (nSPS) is 12.1. The summed E-state index contributed by atoms with van der Waals surface area (Å²) in [6.45, 7) is 6.75. The van der Waals surface area contributed by atoms with Crippen molar-refractivity contribution in [3.05, 3.63) is 27.7 Å². The van der Waals surface area contributed by atoms with E-state index in [9.17, 15) is 8.42 Å². The van der Waals surface area contributed by atoms with E-state index >= 15 is 0 Å². The molecular formula is C14H21BrClNO2S. The van der Waals surface area contributed by atoms with Crippen molar-refractivity contribution in [3.63, 3.8) is 0 Å². The summed E-state index contributed by atoms with van der Waals surface area (Å²) >= 11 is 9.25. The lowest BCUT2D eigenvalue weighted by Gasteiger charge is -2.22. The van der Waals surface area contributed by atoms with Gasteiger partial charge in [-0.2, -0.15) is 4.31 Å². The zero-order chi connectivity index (χ0) is 15.3. The van der Waals surface area contributed by atoms with E-state index in [1.807, 2.05) is 19.9 Å². The van der Waals surface area contributed by atoms with Crippen LogP contribution >= 0.6 is 27.5 Å². The molecule has 0 saturated heterocycles. The fourth-order valence-electron chi connectivity index (χ4n) is 1.97. The second-order valence-corrected chi connectivity index (χ2v) is 7.71. The average molecular weight is 383 g/mol. The molecule has 0 aliphatic carbocycles. The van der Waals surface area contributed by atoms with Gasteiger partial charge in [0.15, 0.2) is 0 Å². The minimum atomic E-state index is -3.46. The molecule has 0 aromatic heterocycles. The quantitative estimate of drug-likeness (QED) is 0.659. The number of hydrogen-bond donors (Lipinski definition) is 0. The van der Waals surface area contributed by atoms with Crippen LogP contribution in [0.5, 0.6) is 0 Å². The highest BCUT2D eigenvalue weighted by molar-refractivity contribution is 9.10. The summed E-state index contributed by atoms with van der Waals surface area (Å²) in [5.74, 6) is 0.294. The molecule has 1 aromatic rings. The minimum Gasteiger partial charge on any atom is -0.207 e. The van der Waals surface area contributed by atoms with Gasteiger partial charge in [-0.15, -0.1) is 11.6 Å². The van der Waals surface area contributed by atoms with Crippen molar-refractivity contribution < 1.29 is 8.42 Å². The van der Waals surface area contributed by atoms with Crippen LogP contribution in [-0.2, 0) is 15.9 Å². The van der Waals surface area contributed by atoms with Crippen molar-refractivity contribution in [3.8, 4) is 0 Å². The lowest BCUT2D eigenvalue weighted by molar-refractivity contribution is 0.418. The van der Waals surface area contributed by atoms with Crippen molar-refractivity contribution in [2.75, 3.05) is 13.1 Å². The van der Waals surface area contributed by atoms with E-state index in [-0.39, 0.29) is 0 Å². The van der Waals surface area contributed by atoms with Crippen LogP contribution in [0.4, 0.5) is 0 Å². The van der Waals surface area contributed by atoms with E-state index in [4.69, 9.17) is 11.6 Å². The number of rotatable bonds is 7. The summed E-state index contributed by atoms with van der Waals surface area (Å²) in [7, 11) is -3.46. The Hall–Kier alpha value is -0.100. The number of halogens is 2. The summed E-state index contributed by atoms with van der Waals surface area (Å²) in [5, 5.41) is 0. The van der Waals surface area contributed by atoms with Crippen LogP contribution in [0.1, 0.15) is 37.8 Å². The van der Waals surface area contributed by atoms with Gasteiger partial charge in [0.1, 0.15) is 0 Å². The SMILES string of the molecule is CCCCN(CC)S(=O)(=O)c1cc(CCl)cc(Br)c1C. The minimum absolute atomic E-state index is 0.294. The third-order valence-electron chi connectivity index (χ3n) is 3.24. The summed E-state index contributed by atoms with van der Waals surface area (Å²) < 4.78 is 27.9. The van der Waals surface area contributed by atoms with Gasteiger partial charge >= 0.3 is 0 Å². The van der Waals surface area contributed by atoms with Crippen molar-refractivity contribution in [2.45, 2.75) is 44.4 Å². The van der Waals surface area contributed by atoms with Crippen molar-refractivity contribution in [1.29, 1.82) is 0 Å². The van der Waals surface area contributed by atoms with Gasteiger partial charge in [-0.05, 0) is 36.6 Å². The van der Waals surface area contributed by atoms with E-state index in [0.717, 1.165) is 28.4 Å². The summed E-state index contributed by atoms with van der Waals surface area (Å²) in [6, 6.07) is 3.54. The zero-order valence-corrected chi connectivity index (χ0v) is 15.3. The van der Waals surface area contributed by atoms with Gasteiger partial charge in [0, 0.05) is 23.4 Å². The Morgan fingerprint density at radius 2 is 1.95 bits per heavy atom. The molecule has 3 nitrogen and oxygen atoms in total. The highest BCUT2D eigenvalue weighted by Crippen LogP contribution is 2.28. The number of benzene rings is 1. The fraction of sp³-hybridized carbons (Fsp3) is 0.571. The molecule has 0 spiro atoms. The molecule has 0 N–H and O–H groups in total. The molecule has 6 heteroatoms. The Labute approximate surface area is 135 Å². The highest BCUT2D eigenvalue weighted by Gasteiger charge is 2.25. The first-order valence-electron chi connectivity index (χ1n) is 6.73. The molecule has 0 radical (unpaired) electrons. The number of alkyl halides is 1. The summed E-state index contributed by atoms with van der Waals surface area (Å²) in [4.78, 5) is 0.348. The predicted octanol–water partition coefficient (Wildman–Crippen LogP) is 4.31. The number of hydrogen-bond acceptors (Lipinski definition) is 2. The Balaban J connectivity index is 3.29. The lowest BCUT2D eigenvalue weighted by atomic mass is 10.2. The molecular weight excluding hydrogens is 362 g/mol. The van der Waals surface area contributed by atoms with Gasteiger partial charge in [-0.1, -0.05) is 36.2 Å². The highest BCUT2D eigenvalue weighted by atomic mass is 79.9. The Morgan fingerprint density at radius 3 is 2.45 bits per heavy atom. The molecule has 1 rings (SSSR count). The number of sulfonamides is 1. The van der Waals surface area contributed by atoms with Crippen LogP contribution in [0.25, 0.3) is 0 Å². The summed E-state index contributed by atoms with van der Waals surface area (Å²) in [5.41, 5.74) is 1.53. The third kappa shape index (κ3) is 3.97. The van der Waals surface area contributed by atoms with Crippen LogP contribution in [0.15, 0.2) is 21.5 Å². The van der Waals surface area contributed by atoms with Crippen LogP contribution in [-0.4, -0.2) is 25.8 Å². The van der Waals surface area contributed by atoms with Gasteiger partial charge in [0.25, 0.3) is 0 Å². The largest absolute Gasteiger partial charge is 0.243 e. The monoisotopic (exact) mass is 381 g/mol. The maximum atomic E-state index is 12.8. The Bertz CT molecular complexity index is 561. The van der Waals surface area contributed by atoms with E-state index in [1.54, 1.807) is 6.07 Å². The molecule has 20 heavy (non-hydrogen) atoms. The third-order valence-corrected chi connectivity index (χ3v) is 6.48. The molecule has 0 aliphatic heterocycles. The molecule has 0 unspecified atom stereocenters. The Kier molecular flexibility index (Phi) is 6.98. The van der Waals surface area contributed by atoms with Gasteiger partial charge < -0.3 is 0 Å². The van der Waals surface area contributed by atoms with E-state index in [1.165, 1.54) is 4.31 Å². The molecule has 0 fully saturated rings. The van der Waals surface area contributed by atoms with Crippen molar-refractivity contribution in [1.82, 2.24) is 4.31 Å².